The first-order chi connectivity index (χ1) is 10.5. The third kappa shape index (κ3) is 4.18. The molecule has 0 aliphatic carbocycles. The molecule has 0 aliphatic heterocycles. The van der Waals surface area contributed by atoms with Gasteiger partial charge in [0.05, 0.1) is 0 Å². The highest BCUT2D eigenvalue weighted by Crippen LogP contribution is 2.20. The summed E-state index contributed by atoms with van der Waals surface area (Å²) in [5.41, 5.74) is 1.28. The Bertz CT molecular complexity index is 672. The Balaban J connectivity index is 1.88. The second-order valence-electron chi connectivity index (χ2n) is 4.78. The fourth-order valence-corrected chi connectivity index (χ4v) is 2.17. The van der Waals surface area contributed by atoms with Gasteiger partial charge in [0, 0.05) is 23.7 Å². The van der Waals surface area contributed by atoms with Crippen LogP contribution >= 0.6 is 11.6 Å². The second kappa shape index (κ2) is 7.22. The molecule has 2 aromatic carbocycles. The van der Waals surface area contributed by atoms with E-state index in [9.17, 15) is 13.6 Å². The number of benzene rings is 2. The van der Waals surface area contributed by atoms with Gasteiger partial charge in [-0.05, 0) is 42.8 Å². The largest absolute Gasteiger partial charge is 0.380 e. The van der Waals surface area contributed by atoms with Crippen LogP contribution in [0.15, 0.2) is 36.4 Å². The summed E-state index contributed by atoms with van der Waals surface area (Å²) >= 11 is 5.84. The van der Waals surface area contributed by atoms with E-state index in [0.29, 0.717) is 10.7 Å². The smallest absolute Gasteiger partial charge is 0.226 e. The Morgan fingerprint density at radius 2 is 1.86 bits per heavy atom. The number of nitrogens with one attached hydrogen (secondary N) is 2. The molecule has 0 saturated heterocycles. The van der Waals surface area contributed by atoms with Crippen molar-refractivity contribution >= 4 is 28.9 Å². The van der Waals surface area contributed by atoms with E-state index in [0.717, 1.165) is 17.7 Å². The molecule has 2 aromatic rings. The minimum Gasteiger partial charge on any atom is -0.380 e. The Morgan fingerprint density at radius 3 is 2.50 bits per heavy atom. The average Bonchev–Trinajstić information content (AvgIpc) is 2.45. The van der Waals surface area contributed by atoms with Crippen LogP contribution in [0.3, 0.4) is 0 Å². The van der Waals surface area contributed by atoms with Gasteiger partial charge in [-0.3, -0.25) is 4.79 Å². The molecule has 3 nitrogen and oxygen atoms in total. The maximum atomic E-state index is 13.4. The van der Waals surface area contributed by atoms with E-state index in [1.165, 1.54) is 6.07 Å². The summed E-state index contributed by atoms with van der Waals surface area (Å²) in [7, 11) is 0. The number of halogens is 3. The number of hydrogen-bond acceptors (Lipinski definition) is 2. The molecule has 0 saturated carbocycles. The summed E-state index contributed by atoms with van der Waals surface area (Å²) < 4.78 is 26.8. The highest BCUT2D eigenvalue weighted by molar-refractivity contribution is 6.30. The number of carbonyl (C=O) groups is 1. The summed E-state index contributed by atoms with van der Waals surface area (Å²) in [4.78, 5) is 11.8. The SMILES string of the molecule is Cc1cc(Cl)ccc1NC(=O)CCNc1c(F)cccc1F. The maximum Gasteiger partial charge on any atom is 0.226 e. The first-order valence-electron chi connectivity index (χ1n) is 6.71. The van der Waals surface area contributed by atoms with Gasteiger partial charge in [-0.15, -0.1) is 0 Å². The molecular formula is C16H15ClF2N2O. The van der Waals surface area contributed by atoms with Gasteiger partial charge in [0.2, 0.25) is 5.91 Å². The predicted octanol–water partition coefficient (Wildman–Crippen LogP) is 4.37. The molecule has 0 radical (unpaired) electrons. The lowest BCUT2D eigenvalue weighted by Crippen LogP contribution is -2.17. The molecule has 0 atom stereocenters. The van der Waals surface area contributed by atoms with Gasteiger partial charge in [-0.1, -0.05) is 17.7 Å². The van der Waals surface area contributed by atoms with Crippen molar-refractivity contribution in [3.63, 3.8) is 0 Å². The van der Waals surface area contributed by atoms with Gasteiger partial charge in [0.25, 0.3) is 0 Å². The van der Waals surface area contributed by atoms with Crippen molar-refractivity contribution in [2.45, 2.75) is 13.3 Å². The topological polar surface area (TPSA) is 41.1 Å². The highest BCUT2D eigenvalue weighted by Gasteiger charge is 2.09. The molecule has 0 aliphatic rings. The molecule has 2 rings (SSSR count). The fourth-order valence-electron chi connectivity index (χ4n) is 1.95. The lowest BCUT2D eigenvalue weighted by atomic mass is 10.2. The molecule has 6 heteroatoms. The van der Waals surface area contributed by atoms with E-state index in [4.69, 9.17) is 11.6 Å². The van der Waals surface area contributed by atoms with E-state index in [1.54, 1.807) is 18.2 Å². The van der Waals surface area contributed by atoms with Crippen molar-refractivity contribution in [1.82, 2.24) is 0 Å². The normalized spacial score (nSPS) is 10.4. The number of carbonyl (C=O) groups excluding carboxylic acids is 1. The summed E-state index contributed by atoms with van der Waals surface area (Å²) in [5.74, 6) is -1.63. The Labute approximate surface area is 132 Å². The standard InChI is InChI=1S/C16H15ClF2N2O/c1-10-9-11(17)5-6-14(10)21-15(22)7-8-20-16-12(18)3-2-4-13(16)19/h2-6,9,20H,7-8H2,1H3,(H,21,22). The van der Waals surface area contributed by atoms with E-state index in [1.807, 2.05) is 6.92 Å². The van der Waals surface area contributed by atoms with Crippen molar-refractivity contribution in [2.75, 3.05) is 17.2 Å². The molecule has 0 fully saturated rings. The van der Waals surface area contributed by atoms with E-state index < -0.39 is 11.6 Å². The number of rotatable bonds is 5. The van der Waals surface area contributed by atoms with Crippen LogP contribution in [-0.2, 0) is 4.79 Å². The molecule has 0 spiro atoms. The summed E-state index contributed by atoms with van der Waals surface area (Å²) in [6.07, 6.45) is 0.0792. The minimum atomic E-state index is -0.686. The average molecular weight is 325 g/mol. The Hall–Kier alpha value is -2.14. The fraction of sp³-hybridized carbons (Fsp3) is 0.188. The van der Waals surface area contributed by atoms with Crippen LogP contribution in [0.4, 0.5) is 20.2 Å². The molecule has 0 unspecified atom stereocenters. The third-order valence-corrected chi connectivity index (χ3v) is 3.31. The first kappa shape index (κ1) is 16.2. The van der Waals surface area contributed by atoms with Gasteiger partial charge >= 0.3 is 0 Å². The van der Waals surface area contributed by atoms with Crippen LogP contribution in [0.5, 0.6) is 0 Å². The molecule has 116 valence electrons. The maximum absolute atomic E-state index is 13.4. The number of aryl methyl sites for hydroxylation is 1. The van der Waals surface area contributed by atoms with Gasteiger partial charge < -0.3 is 10.6 Å². The highest BCUT2D eigenvalue weighted by atomic mass is 35.5. The van der Waals surface area contributed by atoms with E-state index in [-0.39, 0.29) is 24.6 Å². The van der Waals surface area contributed by atoms with Gasteiger partial charge in [-0.25, -0.2) is 8.78 Å². The Morgan fingerprint density at radius 1 is 1.18 bits per heavy atom. The third-order valence-electron chi connectivity index (χ3n) is 3.08. The van der Waals surface area contributed by atoms with Crippen molar-refractivity contribution < 1.29 is 13.6 Å². The van der Waals surface area contributed by atoms with Crippen LogP contribution in [0, 0.1) is 18.6 Å². The van der Waals surface area contributed by atoms with E-state index in [2.05, 4.69) is 10.6 Å². The molecule has 0 heterocycles. The minimum absolute atomic E-state index is 0.0792. The molecule has 0 bridgehead atoms. The zero-order valence-corrected chi connectivity index (χ0v) is 12.7. The van der Waals surface area contributed by atoms with Crippen molar-refractivity contribution in [3.05, 3.63) is 58.6 Å². The van der Waals surface area contributed by atoms with Crippen LogP contribution < -0.4 is 10.6 Å². The van der Waals surface area contributed by atoms with E-state index >= 15 is 0 Å². The van der Waals surface area contributed by atoms with Crippen molar-refractivity contribution in [1.29, 1.82) is 0 Å². The van der Waals surface area contributed by atoms with Crippen molar-refractivity contribution in [3.8, 4) is 0 Å². The van der Waals surface area contributed by atoms with Crippen LogP contribution in [0.25, 0.3) is 0 Å². The van der Waals surface area contributed by atoms with Gasteiger partial charge in [0.1, 0.15) is 17.3 Å². The van der Waals surface area contributed by atoms with Crippen LogP contribution in [-0.4, -0.2) is 12.5 Å². The molecule has 22 heavy (non-hydrogen) atoms. The zero-order chi connectivity index (χ0) is 16.1. The number of para-hydroxylation sites is 1. The zero-order valence-electron chi connectivity index (χ0n) is 11.9. The van der Waals surface area contributed by atoms with Crippen LogP contribution in [0.1, 0.15) is 12.0 Å². The number of amides is 1. The number of hydrogen-bond donors (Lipinski definition) is 2. The first-order valence-corrected chi connectivity index (χ1v) is 7.09. The lowest BCUT2D eigenvalue weighted by Gasteiger charge is -2.10. The molecule has 1 amide bonds. The summed E-state index contributed by atoms with van der Waals surface area (Å²) in [6, 6.07) is 8.72. The quantitative estimate of drug-likeness (QED) is 0.857. The Kier molecular flexibility index (Phi) is 5.33. The monoisotopic (exact) mass is 324 g/mol. The predicted molar refractivity (Wildman–Crippen MR) is 84.3 cm³/mol. The molecular weight excluding hydrogens is 310 g/mol. The van der Waals surface area contributed by atoms with Crippen molar-refractivity contribution in [2.24, 2.45) is 0 Å². The molecule has 0 aromatic heterocycles. The summed E-state index contributed by atoms with van der Waals surface area (Å²) in [5, 5.41) is 5.91. The lowest BCUT2D eigenvalue weighted by molar-refractivity contribution is -0.115. The van der Waals surface area contributed by atoms with Gasteiger partial charge in [0.15, 0.2) is 0 Å². The van der Waals surface area contributed by atoms with Crippen LogP contribution in [0.2, 0.25) is 5.02 Å². The number of anilines is 2. The van der Waals surface area contributed by atoms with Gasteiger partial charge in [-0.2, -0.15) is 0 Å². The second-order valence-corrected chi connectivity index (χ2v) is 5.22. The summed E-state index contributed by atoms with van der Waals surface area (Å²) in [6.45, 7) is 1.95. The molecule has 2 N–H and O–H groups in total.